The lowest BCUT2D eigenvalue weighted by atomic mass is 9.99. The average molecular weight is 218 g/mol. The minimum absolute atomic E-state index is 0.350. The molecule has 2 heteroatoms. The highest BCUT2D eigenvalue weighted by molar-refractivity contribution is 5.32. The lowest BCUT2D eigenvalue weighted by Crippen LogP contribution is -2.12. The smallest absolute Gasteiger partial charge is 0.119 e. The van der Waals surface area contributed by atoms with Crippen molar-refractivity contribution in [1.82, 2.24) is 0 Å². The van der Waals surface area contributed by atoms with Crippen molar-refractivity contribution < 1.29 is 9.84 Å². The maximum absolute atomic E-state index is 9.11. The Balaban J connectivity index is 1.96. The van der Waals surface area contributed by atoms with Gasteiger partial charge in [0.25, 0.3) is 0 Å². The van der Waals surface area contributed by atoms with Crippen LogP contribution in [0, 0.1) is 0 Å². The predicted octanol–water partition coefficient (Wildman–Crippen LogP) is 2.88. The molecule has 0 spiro atoms. The van der Waals surface area contributed by atoms with Gasteiger partial charge in [0.1, 0.15) is 12.4 Å². The highest BCUT2D eigenvalue weighted by Crippen LogP contribution is 2.29. The van der Waals surface area contributed by atoms with E-state index in [9.17, 15) is 0 Å². The van der Waals surface area contributed by atoms with E-state index in [2.05, 4.69) is 24.3 Å². The van der Waals surface area contributed by atoms with Crippen LogP contribution in [0.15, 0.2) is 36.4 Å². The summed E-state index contributed by atoms with van der Waals surface area (Å²) in [5, 5.41) is 9.11. The molecule has 1 N–H and O–H groups in total. The summed E-state index contributed by atoms with van der Waals surface area (Å²) in [5.74, 6) is 1.40. The first-order chi connectivity index (χ1) is 7.75. The third kappa shape index (κ3) is 2.86. The van der Waals surface area contributed by atoms with Crippen LogP contribution in [0.5, 0.6) is 5.75 Å². The fourth-order valence-corrected chi connectivity index (χ4v) is 1.94. The van der Waals surface area contributed by atoms with Gasteiger partial charge in [-0.25, -0.2) is 0 Å². The summed E-state index contributed by atoms with van der Waals surface area (Å²) in [4.78, 5) is 0. The van der Waals surface area contributed by atoms with Gasteiger partial charge in [-0.3, -0.25) is 0 Å². The first-order valence-corrected chi connectivity index (χ1v) is 5.83. The Morgan fingerprint density at radius 1 is 1.38 bits per heavy atom. The molecule has 1 aromatic carbocycles. The summed E-state index contributed by atoms with van der Waals surface area (Å²) in [6.07, 6.45) is 6.49. The second-order valence-corrected chi connectivity index (χ2v) is 4.34. The van der Waals surface area contributed by atoms with Gasteiger partial charge >= 0.3 is 0 Å². The van der Waals surface area contributed by atoms with Crippen LogP contribution >= 0.6 is 0 Å². The van der Waals surface area contributed by atoms with Crippen molar-refractivity contribution in [3.63, 3.8) is 0 Å². The quantitative estimate of drug-likeness (QED) is 0.787. The van der Waals surface area contributed by atoms with E-state index >= 15 is 0 Å². The van der Waals surface area contributed by atoms with Crippen LogP contribution < -0.4 is 4.74 Å². The zero-order valence-electron chi connectivity index (χ0n) is 9.60. The minimum Gasteiger partial charge on any atom is -0.491 e. The SMILES string of the molecule is CC(O)COc1ccc(C2C=CCC2)cc1. The summed E-state index contributed by atoms with van der Waals surface area (Å²) < 4.78 is 5.42. The number of aliphatic hydroxyl groups excluding tert-OH is 1. The molecule has 2 rings (SSSR count). The molecule has 2 atom stereocenters. The third-order valence-corrected chi connectivity index (χ3v) is 2.81. The summed E-state index contributed by atoms with van der Waals surface area (Å²) in [6, 6.07) is 8.17. The third-order valence-electron chi connectivity index (χ3n) is 2.81. The Hall–Kier alpha value is -1.28. The molecule has 0 aliphatic heterocycles. The monoisotopic (exact) mass is 218 g/mol. The van der Waals surface area contributed by atoms with Gasteiger partial charge < -0.3 is 9.84 Å². The largest absolute Gasteiger partial charge is 0.491 e. The summed E-state index contributed by atoms with van der Waals surface area (Å²) in [7, 11) is 0. The second kappa shape index (κ2) is 5.17. The number of rotatable bonds is 4. The van der Waals surface area contributed by atoms with E-state index < -0.39 is 6.10 Å². The van der Waals surface area contributed by atoms with Crippen molar-refractivity contribution in [2.24, 2.45) is 0 Å². The number of hydrogen-bond donors (Lipinski definition) is 1. The van der Waals surface area contributed by atoms with Gasteiger partial charge in [0.05, 0.1) is 6.10 Å². The van der Waals surface area contributed by atoms with Gasteiger partial charge in [-0.15, -0.1) is 0 Å². The molecule has 0 radical (unpaired) electrons. The molecule has 2 unspecified atom stereocenters. The summed E-state index contributed by atoms with van der Waals surface area (Å²) >= 11 is 0. The molecule has 1 aliphatic rings. The normalized spacial score (nSPS) is 21.0. The Morgan fingerprint density at radius 3 is 2.69 bits per heavy atom. The molecular formula is C14H18O2. The summed E-state index contributed by atoms with van der Waals surface area (Å²) in [6.45, 7) is 2.07. The van der Waals surface area contributed by atoms with Crippen LogP contribution in [0.3, 0.4) is 0 Å². The van der Waals surface area contributed by atoms with Crippen molar-refractivity contribution in [2.75, 3.05) is 6.61 Å². The molecule has 0 bridgehead atoms. The van der Waals surface area contributed by atoms with Crippen molar-refractivity contribution >= 4 is 0 Å². The van der Waals surface area contributed by atoms with Crippen LogP contribution in [-0.4, -0.2) is 17.8 Å². The molecule has 0 saturated heterocycles. The van der Waals surface area contributed by atoms with Gasteiger partial charge in [0.15, 0.2) is 0 Å². The van der Waals surface area contributed by atoms with Crippen molar-refractivity contribution in [1.29, 1.82) is 0 Å². The first-order valence-electron chi connectivity index (χ1n) is 5.83. The Labute approximate surface area is 96.6 Å². The molecule has 16 heavy (non-hydrogen) atoms. The van der Waals surface area contributed by atoms with Gasteiger partial charge in [-0.05, 0) is 37.5 Å². The van der Waals surface area contributed by atoms with Crippen molar-refractivity contribution in [3.05, 3.63) is 42.0 Å². The van der Waals surface area contributed by atoms with E-state index in [1.165, 1.54) is 18.4 Å². The van der Waals surface area contributed by atoms with E-state index in [-0.39, 0.29) is 0 Å². The molecule has 0 amide bonds. The van der Waals surface area contributed by atoms with E-state index in [1.54, 1.807) is 6.92 Å². The molecular weight excluding hydrogens is 200 g/mol. The molecule has 1 aromatic rings. The lowest BCUT2D eigenvalue weighted by Gasteiger charge is -2.11. The van der Waals surface area contributed by atoms with E-state index in [1.807, 2.05) is 12.1 Å². The van der Waals surface area contributed by atoms with Crippen LogP contribution in [0.4, 0.5) is 0 Å². The van der Waals surface area contributed by atoms with Gasteiger partial charge in [0.2, 0.25) is 0 Å². The number of ether oxygens (including phenoxy) is 1. The maximum Gasteiger partial charge on any atom is 0.119 e. The standard InChI is InChI=1S/C14H18O2/c1-11(15)10-16-14-8-6-13(7-9-14)12-4-2-3-5-12/h2,4,6-9,11-12,15H,3,5,10H2,1H3. The Morgan fingerprint density at radius 2 is 2.12 bits per heavy atom. The van der Waals surface area contributed by atoms with Gasteiger partial charge in [-0.2, -0.15) is 0 Å². The van der Waals surface area contributed by atoms with Crippen LogP contribution in [-0.2, 0) is 0 Å². The second-order valence-electron chi connectivity index (χ2n) is 4.34. The first kappa shape index (κ1) is 11.2. The summed E-state index contributed by atoms with van der Waals surface area (Å²) in [5.41, 5.74) is 1.35. The van der Waals surface area contributed by atoms with Crippen LogP contribution in [0.25, 0.3) is 0 Å². The molecule has 0 saturated carbocycles. The highest BCUT2D eigenvalue weighted by atomic mass is 16.5. The van der Waals surface area contributed by atoms with Crippen molar-refractivity contribution in [2.45, 2.75) is 31.8 Å². The van der Waals surface area contributed by atoms with E-state index in [0.29, 0.717) is 12.5 Å². The zero-order chi connectivity index (χ0) is 11.4. The fraction of sp³-hybridized carbons (Fsp3) is 0.429. The van der Waals surface area contributed by atoms with Crippen LogP contribution in [0.1, 0.15) is 31.2 Å². The van der Waals surface area contributed by atoms with Crippen molar-refractivity contribution in [3.8, 4) is 5.75 Å². The number of benzene rings is 1. The van der Waals surface area contributed by atoms with Gasteiger partial charge in [0, 0.05) is 5.92 Å². The van der Waals surface area contributed by atoms with Crippen LogP contribution in [0.2, 0.25) is 0 Å². The van der Waals surface area contributed by atoms with E-state index in [0.717, 1.165) is 5.75 Å². The Kier molecular flexibility index (Phi) is 3.62. The zero-order valence-corrected chi connectivity index (χ0v) is 9.60. The number of aliphatic hydroxyl groups is 1. The molecule has 0 aromatic heterocycles. The topological polar surface area (TPSA) is 29.5 Å². The fourth-order valence-electron chi connectivity index (χ4n) is 1.94. The number of allylic oxidation sites excluding steroid dienone is 2. The average Bonchev–Trinajstić information content (AvgIpc) is 2.80. The molecule has 1 aliphatic carbocycles. The molecule has 0 heterocycles. The number of hydrogen-bond acceptors (Lipinski definition) is 2. The van der Waals surface area contributed by atoms with Gasteiger partial charge in [-0.1, -0.05) is 24.3 Å². The predicted molar refractivity (Wildman–Crippen MR) is 64.7 cm³/mol. The molecule has 0 fully saturated rings. The minimum atomic E-state index is -0.419. The Bertz CT molecular complexity index is 352. The van der Waals surface area contributed by atoms with E-state index in [4.69, 9.17) is 9.84 Å². The molecule has 86 valence electrons. The lowest BCUT2D eigenvalue weighted by molar-refractivity contribution is 0.122. The highest BCUT2D eigenvalue weighted by Gasteiger charge is 2.11. The maximum atomic E-state index is 9.11. The molecule has 2 nitrogen and oxygen atoms in total.